The molecule has 1 fully saturated rings. The Morgan fingerprint density at radius 2 is 2.27 bits per heavy atom. The number of H-pyrrole nitrogens is 1. The smallest absolute Gasteiger partial charge is 0.133 e. The molecule has 2 rings (SSSR count). The topological polar surface area (TPSA) is 32.9 Å². The van der Waals surface area contributed by atoms with Crippen LogP contribution in [0.1, 0.15) is 44.7 Å². The Morgan fingerprint density at radius 1 is 1.47 bits per heavy atom. The zero-order chi connectivity index (χ0) is 10.8. The SMILES string of the molecule is CC(C)C1CCC(=O)CC1c1ccc[nH]1. The maximum atomic E-state index is 11.5. The average molecular weight is 205 g/mol. The Morgan fingerprint density at radius 3 is 2.87 bits per heavy atom. The normalized spacial score (nSPS) is 27.3. The molecule has 0 bridgehead atoms. The van der Waals surface area contributed by atoms with Crippen molar-refractivity contribution in [1.82, 2.24) is 4.98 Å². The van der Waals surface area contributed by atoms with Crippen LogP contribution in [-0.2, 0) is 4.79 Å². The first kappa shape index (κ1) is 10.5. The lowest BCUT2D eigenvalue weighted by Crippen LogP contribution is -2.27. The lowest BCUT2D eigenvalue weighted by molar-refractivity contribution is -0.121. The Hall–Kier alpha value is -1.05. The lowest BCUT2D eigenvalue weighted by atomic mass is 9.72. The third kappa shape index (κ3) is 2.14. The van der Waals surface area contributed by atoms with Crippen LogP contribution in [0.3, 0.4) is 0 Å². The van der Waals surface area contributed by atoms with E-state index in [0.29, 0.717) is 23.5 Å². The predicted octanol–water partition coefficient (Wildman–Crippen LogP) is 3.12. The van der Waals surface area contributed by atoms with Gasteiger partial charge in [-0.25, -0.2) is 0 Å². The molecule has 0 radical (unpaired) electrons. The van der Waals surface area contributed by atoms with Gasteiger partial charge in [-0.3, -0.25) is 4.79 Å². The van der Waals surface area contributed by atoms with E-state index in [9.17, 15) is 4.79 Å². The summed E-state index contributed by atoms with van der Waals surface area (Å²) in [5.74, 6) is 2.15. The van der Waals surface area contributed by atoms with Gasteiger partial charge in [0.15, 0.2) is 0 Å². The van der Waals surface area contributed by atoms with Crippen LogP contribution in [0.4, 0.5) is 0 Å². The number of rotatable bonds is 2. The van der Waals surface area contributed by atoms with Gasteiger partial charge in [0.05, 0.1) is 0 Å². The van der Waals surface area contributed by atoms with Crippen molar-refractivity contribution in [2.24, 2.45) is 11.8 Å². The molecular weight excluding hydrogens is 186 g/mol. The zero-order valence-electron chi connectivity index (χ0n) is 9.49. The minimum absolute atomic E-state index is 0.418. The second-order valence-electron chi connectivity index (χ2n) is 4.92. The summed E-state index contributed by atoms with van der Waals surface area (Å²) < 4.78 is 0. The molecule has 0 saturated heterocycles. The fraction of sp³-hybridized carbons (Fsp3) is 0.615. The highest BCUT2D eigenvalue weighted by Gasteiger charge is 2.32. The average Bonchev–Trinajstić information content (AvgIpc) is 2.69. The van der Waals surface area contributed by atoms with Crippen molar-refractivity contribution < 1.29 is 4.79 Å². The molecule has 82 valence electrons. The van der Waals surface area contributed by atoms with E-state index in [1.54, 1.807) is 0 Å². The number of ketones is 1. The summed E-state index contributed by atoms with van der Waals surface area (Å²) in [6.07, 6.45) is 4.51. The summed E-state index contributed by atoms with van der Waals surface area (Å²) in [4.78, 5) is 14.8. The fourth-order valence-corrected chi connectivity index (χ4v) is 2.74. The number of Topliss-reactive ketones (excluding diaryl/α,β-unsaturated/α-hetero) is 1. The largest absolute Gasteiger partial charge is 0.365 e. The van der Waals surface area contributed by atoms with Gasteiger partial charge in [0.1, 0.15) is 5.78 Å². The highest BCUT2D eigenvalue weighted by atomic mass is 16.1. The highest BCUT2D eigenvalue weighted by Crippen LogP contribution is 2.39. The first-order valence-corrected chi connectivity index (χ1v) is 5.83. The van der Waals surface area contributed by atoms with Gasteiger partial charge in [0.2, 0.25) is 0 Å². The number of hydrogen-bond acceptors (Lipinski definition) is 1. The minimum atomic E-state index is 0.418. The first-order chi connectivity index (χ1) is 7.18. The summed E-state index contributed by atoms with van der Waals surface area (Å²) in [5, 5.41) is 0. The molecule has 1 aliphatic rings. The van der Waals surface area contributed by atoms with Crippen molar-refractivity contribution in [3.63, 3.8) is 0 Å². The van der Waals surface area contributed by atoms with Crippen LogP contribution >= 0.6 is 0 Å². The molecule has 0 aliphatic heterocycles. The maximum absolute atomic E-state index is 11.5. The molecule has 2 heteroatoms. The van der Waals surface area contributed by atoms with Crippen LogP contribution in [0, 0.1) is 11.8 Å². The van der Waals surface area contributed by atoms with Crippen molar-refractivity contribution >= 4 is 5.78 Å². The molecule has 15 heavy (non-hydrogen) atoms. The van der Waals surface area contributed by atoms with E-state index >= 15 is 0 Å². The Bertz CT molecular complexity index is 326. The second kappa shape index (κ2) is 4.21. The zero-order valence-corrected chi connectivity index (χ0v) is 9.49. The van der Waals surface area contributed by atoms with Crippen LogP contribution in [-0.4, -0.2) is 10.8 Å². The summed E-state index contributed by atoms with van der Waals surface area (Å²) in [6, 6.07) is 4.13. The molecule has 0 spiro atoms. The van der Waals surface area contributed by atoms with E-state index in [4.69, 9.17) is 0 Å². The number of hydrogen-bond donors (Lipinski definition) is 1. The van der Waals surface area contributed by atoms with E-state index in [1.807, 2.05) is 12.3 Å². The van der Waals surface area contributed by atoms with Crippen LogP contribution in [0.25, 0.3) is 0 Å². The maximum Gasteiger partial charge on any atom is 0.133 e. The van der Waals surface area contributed by atoms with E-state index < -0.39 is 0 Å². The molecule has 1 aromatic heterocycles. The number of aromatic nitrogens is 1. The molecule has 2 unspecified atom stereocenters. The molecule has 1 aromatic rings. The summed E-state index contributed by atoms with van der Waals surface area (Å²) in [7, 11) is 0. The molecule has 1 saturated carbocycles. The molecule has 1 N–H and O–H groups in total. The standard InChI is InChI=1S/C13H19NO/c1-9(2)11-6-5-10(15)8-12(11)13-4-3-7-14-13/h3-4,7,9,11-12,14H,5-6,8H2,1-2H3. The Balaban J connectivity index is 2.20. The molecule has 2 atom stereocenters. The highest BCUT2D eigenvalue weighted by molar-refractivity contribution is 5.80. The van der Waals surface area contributed by atoms with E-state index in [0.717, 1.165) is 19.3 Å². The number of nitrogens with one attached hydrogen (secondary N) is 1. The van der Waals surface area contributed by atoms with Crippen LogP contribution in [0.2, 0.25) is 0 Å². The van der Waals surface area contributed by atoms with E-state index in [-0.39, 0.29) is 0 Å². The molecule has 2 nitrogen and oxygen atoms in total. The molecule has 1 aliphatic carbocycles. The molecule has 0 amide bonds. The Kier molecular flexibility index (Phi) is 2.94. The van der Waals surface area contributed by atoms with Crippen LogP contribution < -0.4 is 0 Å². The van der Waals surface area contributed by atoms with Crippen molar-refractivity contribution in [2.75, 3.05) is 0 Å². The predicted molar refractivity (Wildman–Crippen MR) is 60.7 cm³/mol. The van der Waals surface area contributed by atoms with Crippen molar-refractivity contribution in [1.29, 1.82) is 0 Å². The molecule has 0 aromatic carbocycles. The Labute approximate surface area is 91.1 Å². The van der Waals surface area contributed by atoms with Gasteiger partial charge in [-0.05, 0) is 30.4 Å². The lowest BCUT2D eigenvalue weighted by Gasteiger charge is -2.33. The van der Waals surface area contributed by atoms with Gasteiger partial charge < -0.3 is 4.98 Å². The van der Waals surface area contributed by atoms with E-state index in [1.165, 1.54) is 5.69 Å². The third-order valence-corrected chi connectivity index (χ3v) is 3.60. The second-order valence-corrected chi connectivity index (χ2v) is 4.92. The molecular formula is C13H19NO. The van der Waals surface area contributed by atoms with Gasteiger partial charge >= 0.3 is 0 Å². The van der Waals surface area contributed by atoms with Gasteiger partial charge in [-0.2, -0.15) is 0 Å². The quantitative estimate of drug-likeness (QED) is 0.790. The summed E-state index contributed by atoms with van der Waals surface area (Å²) in [5.41, 5.74) is 1.24. The van der Waals surface area contributed by atoms with Gasteiger partial charge in [-0.1, -0.05) is 13.8 Å². The minimum Gasteiger partial charge on any atom is -0.365 e. The van der Waals surface area contributed by atoms with Crippen LogP contribution in [0.15, 0.2) is 18.3 Å². The van der Waals surface area contributed by atoms with Crippen molar-refractivity contribution in [3.05, 3.63) is 24.0 Å². The van der Waals surface area contributed by atoms with Gasteiger partial charge in [0.25, 0.3) is 0 Å². The van der Waals surface area contributed by atoms with Crippen LogP contribution in [0.5, 0.6) is 0 Å². The number of carbonyl (C=O) groups excluding carboxylic acids is 1. The van der Waals surface area contributed by atoms with E-state index in [2.05, 4.69) is 24.9 Å². The molecule has 1 heterocycles. The fourth-order valence-electron chi connectivity index (χ4n) is 2.74. The number of aromatic amines is 1. The monoisotopic (exact) mass is 205 g/mol. The van der Waals surface area contributed by atoms with Gasteiger partial charge in [0, 0.05) is 30.7 Å². The van der Waals surface area contributed by atoms with Crippen molar-refractivity contribution in [2.45, 2.75) is 39.0 Å². The third-order valence-electron chi connectivity index (χ3n) is 3.60. The van der Waals surface area contributed by atoms with Gasteiger partial charge in [-0.15, -0.1) is 0 Å². The summed E-state index contributed by atoms with van der Waals surface area (Å²) in [6.45, 7) is 4.52. The number of carbonyl (C=O) groups is 1. The van der Waals surface area contributed by atoms with Crippen molar-refractivity contribution in [3.8, 4) is 0 Å². The summed E-state index contributed by atoms with van der Waals surface area (Å²) >= 11 is 0. The first-order valence-electron chi connectivity index (χ1n) is 5.83.